The number of carbonyl (C=O) groups is 1. The van der Waals surface area contributed by atoms with Crippen molar-refractivity contribution in [3.63, 3.8) is 0 Å². The van der Waals surface area contributed by atoms with E-state index < -0.39 is 0 Å². The molecule has 1 aliphatic heterocycles. The largest absolute Gasteiger partial charge is 0.379 e. The molecule has 0 bridgehead atoms. The molecule has 0 spiro atoms. The minimum absolute atomic E-state index is 0.0769. The van der Waals surface area contributed by atoms with Crippen LogP contribution < -0.4 is 5.32 Å². The second-order valence-corrected chi connectivity index (χ2v) is 7.67. The van der Waals surface area contributed by atoms with Gasteiger partial charge in [0.15, 0.2) is 0 Å². The molecule has 1 saturated heterocycles. The molecular formula is C21H23N5O2S. The number of benzene rings is 2. The number of para-hydroxylation sites is 1. The number of morpholine rings is 1. The maximum Gasteiger partial charge on any atom is 0.234 e. The lowest BCUT2D eigenvalue weighted by Crippen LogP contribution is -2.35. The summed E-state index contributed by atoms with van der Waals surface area (Å²) in [7, 11) is 0. The zero-order valence-corrected chi connectivity index (χ0v) is 16.8. The highest BCUT2D eigenvalue weighted by Gasteiger charge is 2.11. The minimum atomic E-state index is -0.0769. The summed E-state index contributed by atoms with van der Waals surface area (Å²) in [6.07, 6.45) is 1.66. The highest BCUT2D eigenvalue weighted by Crippen LogP contribution is 2.16. The number of thioether (sulfide) groups is 1. The third-order valence-corrected chi connectivity index (χ3v) is 5.42. The first kappa shape index (κ1) is 19.6. The molecule has 3 aromatic rings. The Morgan fingerprint density at radius 1 is 1.07 bits per heavy atom. The van der Waals surface area contributed by atoms with Gasteiger partial charge in [-0.3, -0.25) is 9.69 Å². The number of rotatable bonds is 7. The van der Waals surface area contributed by atoms with Crippen LogP contribution in [0, 0.1) is 0 Å². The lowest BCUT2D eigenvalue weighted by atomic mass is 10.2. The van der Waals surface area contributed by atoms with E-state index in [1.54, 1.807) is 11.0 Å². The number of hydrogen-bond acceptors (Lipinski definition) is 6. The van der Waals surface area contributed by atoms with Gasteiger partial charge in [0.05, 0.1) is 24.7 Å². The quantitative estimate of drug-likeness (QED) is 0.605. The van der Waals surface area contributed by atoms with Crippen LogP contribution in [0.25, 0.3) is 5.69 Å². The van der Waals surface area contributed by atoms with Crippen molar-refractivity contribution < 1.29 is 9.53 Å². The second kappa shape index (κ2) is 9.69. The predicted molar refractivity (Wildman–Crippen MR) is 113 cm³/mol. The average molecular weight is 410 g/mol. The summed E-state index contributed by atoms with van der Waals surface area (Å²) >= 11 is 1.32. The number of anilines is 1. The molecular weight excluding hydrogens is 386 g/mol. The molecule has 4 rings (SSSR count). The monoisotopic (exact) mass is 409 g/mol. The van der Waals surface area contributed by atoms with Gasteiger partial charge in [-0.25, -0.2) is 9.67 Å². The van der Waals surface area contributed by atoms with Crippen molar-refractivity contribution in [2.45, 2.75) is 11.7 Å². The van der Waals surface area contributed by atoms with Crippen LogP contribution in [0.1, 0.15) is 5.56 Å². The highest BCUT2D eigenvalue weighted by atomic mass is 32.2. The van der Waals surface area contributed by atoms with Crippen molar-refractivity contribution >= 4 is 23.4 Å². The first-order chi connectivity index (χ1) is 14.3. The van der Waals surface area contributed by atoms with Gasteiger partial charge in [-0.05, 0) is 29.8 Å². The molecule has 7 nitrogen and oxygen atoms in total. The van der Waals surface area contributed by atoms with E-state index in [0.29, 0.717) is 5.16 Å². The van der Waals surface area contributed by atoms with E-state index in [2.05, 4.69) is 32.4 Å². The summed E-state index contributed by atoms with van der Waals surface area (Å²) in [5.41, 5.74) is 2.97. The summed E-state index contributed by atoms with van der Waals surface area (Å²) in [5.74, 6) is 0.181. The maximum absolute atomic E-state index is 12.2. The van der Waals surface area contributed by atoms with Crippen LogP contribution in [0.4, 0.5) is 5.69 Å². The van der Waals surface area contributed by atoms with Crippen molar-refractivity contribution in [2.24, 2.45) is 0 Å². The van der Waals surface area contributed by atoms with Crippen LogP contribution in [0.15, 0.2) is 66.1 Å². The van der Waals surface area contributed by atoms with E-state index in [9.17, 15) is 4.79 Å². The molecule has 29 heavy (non-hydrogen) atoms. The molecule has 1 aromatic heterocycles. The molecule has 1 aliphatic rings. The summed E-state index contributed by atoms with van der Waals surface area (Å²) in [5, 5.41) is 7.90. The van der Waals surface area contributed by atoms with Crippen molar-refractivity contribution in [3.05, 3.63) is 66.5 Å². The minimum Gasteiger partial charge on any atom is -0.379 e. The van der Waals surface area contributed by atoms with Crippen LogP contribution >= 0.6 is 11.8 Å². The summed E-state index contributed by atoms with van der Waals surface area (Å²) in [4.78, 5) is 18.9. The van der Waals surface area contributed by atoms with Gasteiger partial charge in [0, 0.05) is 25.3 Å². The van der Waals surface area contributed by atoms with Gasteiger partial charge in [0.25, 0.3) is 0 Å². The molecule has 1 amide bonds. The first-order valence-electron chi connectivity index (χ1n) is 9.55. The Morgan fingerprint density at radius 3 is 2.59 bits per heavy atom. The van der Waals surface area contributed by atoms with E-state index in [4.69, 9.17) is 4.74 Å². The Morgan fingerprint density at radius 2 is 1.83 bits per heavy atom. The Hall–Kier alpha value is -2.68. The number of aromatic nitrogens is 3. The van der Waals surface area contributed by atoms with Gasteiger partial charge >= 0.3 is 0 Å². The lowest BCUT2D eigenvalue weighted by molar-refractivity contribution is -0.113. The smallest absolute Gasteiger partial charge is 0.234 e. The van der Waals surface area contributed by atoms with E-state index >= 15 is 0 Å². The van der Waals surface area contributed by atoms with Gasteiger partial charge in [0.1, 0.15) is 6.33 Å². The van der Waals surface area contributed by atoms with Gasteiger partial charge in [-0.2, -0.15) is 0 Å². The van der Waals surface area contributed by atoms with Gasteiger partial charge in [-0.15, -0.1) is 5.10 Å². The SMILES string of the molecule is O=C(CSc1ncn(-c2ccccc2)n1)Nc1ccc(CN2CCOCC2)cc1. The van der Waals surface area contributed by atoms with Crippen molar-refractivity contribution in [3.8, 4) is 5.69 Å². The zero-order chi connectivity index (χ0) is 19.9. The normalized spacial score (nSPS) is 14.6. The van der Waals surface area contributed by atoms with Crippen LogP contribution in [0.5, 0.6) is 0 Å². The second-order valence-electron chi connectivity index (χ2n) is 6.73. The fourth-order valence-electron chi connectivity index (χ4n) is 3.06. The number of nitrogens with zero attached hydrogens (tertiary/aromatic N) is 4. The van der Waals surface area contributed by atoms with Crippen LogP contribution in [-0.2, 0) is 16.1 Å². The molecule has 0 radical (unpaired) electrons. The number of amides is 1. The van der Waals surface area contributed by atoms with Gasteiger partial charge in [-0.1, -0.05) is 42.1 Å². The van der Waals surface area contributed by atoms with Crippen molar-refractivity contribution in [1.82, 2.24) is 19.7 Å². The Bertz CT molecular complexity index is 924. The van der Waals surface area contributed by atoms with E-state index in [1.807, 2.05) is 42.5 Å². The lowest BCUT2D eigenvalue weighted by Gasteiger charge is -2.26. The van der Waals surface area contributed by atoms with Gasteiger partial charge < -0.3 is 10.1 Å². The predicted octanol–water partition coefficient (Wildman–Crippen LogP) is 2.83. The molecule has 0 saturated carbocycles. The van der Waals surface area contributed by atoms with Crippen LogP contribution in [0.2, 0.25) is 0 Å². The van der Waals surface area contributed by atoms with E-state index in [0.717, 1.165) is 44.2 Å². The molecule has 8 heteroatoms. The first-order valence-corrected chi connectivity index (χ1v) is 10.5. The third kappa shape index (κ3) is 5.66. The van der Waals surface area contributed by atoms with Crippen LogP contribution in [0.3, 0.4) is 0 Å². The van der Waals surface area contributed by atoms with Gasteiger partial charge in [0.2, 0.25) is 11.1 Å². The third-order valence-electron chi connectivity index (χ3n) is 4.57. The topological polar surface area (TPSA) is 72.3 Å². The molecule has 150 valence electrons. The molecule has 0 aliphatic carbocycles. The molecule has 0 atom stereocenters. The Kier molecular flexibility index (Phi) is 6.56. The fourth-order valence-corrected chi connectivity index (χ4v) is 3.66. The summed E-state index contributed by atoms with van der Waals surface area (Å²) in [6, 6.07) is 17.8. The Balaban J connectivity index is 1.25. The fraction of sp³-hybridized carbons (Fsp3) is 0.286. The van der Waals surface area contributed by atoms with Crippen LogP contribution in [-0.4, -0.2) is 57.6 Å². The summed E-state index contributed by atoms with van der Waals surface area (Å²) < 4.78 is 7.08. The number of carbonyl (C=O) groups excluding carboxylic acids is 1. The summed E-state index contributed by atoms with van der Waals surface area (Å²) in [6.45, 7) is 4.42. The van der Waals surface area contributed by atoms with E-state index in [1.165, 1.54) is 17.3 Å². The Labute approximate surface area is 174 Å². The van der Waals surface area contributed by atoms with E-state index in [-0.39, 0.29) is 11.7 Å². The molecule has 1 N–H and O–H groups in total. The maximum atomic E-state index is 12.2. The number of hydrogen-bond donors (Lipinski definition) is 1. The average Bonchev–Trinajstić information content (AvgIpc) is 3.24. The zero-order valence-electron chi connectivity index (χ0n) is 16.0. The molecule has 2 heterocycles. The molecule has 2 aromatic carbocycles. The number of nitrogens with one attached hydrogen (secondary N) is 1. The standard InChI is InChI=1S/C21H23N5O2S/c27-20(15-29-21-22-16-26(24-21)19-4-2-1-3-5-19)23-18-8-6-17(7-9-18)14-25-10-12-28-13-11-25/h1-9,16H,10-15H2,(H,23,27). The van der Waals surface area contributed by atoms with Crippen molar-refractivity contribution in [2.75, 3.05) is 37.4 Å². The molecule has 1 fully saturated rings. The number of ether oxygens (including phenoxy) is 1. The highest BCUT2D eigenvalue weighted by molar-refractivity contribution is 7.99. The molecule has 0 unspecified atom stereocenters. The van der Waals surface area contributed by atoms with Crippen molar-refractivity contribution in [1.29, 1.82) is 0 Å².